The van der Waals surface area contributed by atoms with Gasteiger partial charge in [-0.1, -0.05) is 5.16 Å². The summed E-state index contributed by atoms with van der Waals surface area (Å²) in [6, 6.07) is 13.2. The van der Waals surface area contributed by atoms with Gasteiger partial charge < -0.3 is 25.0 Å². The van der Waals surface area contributed by atoms with Crippen molar-refractivity contribution in [1.82, 2.24) is 15.0 Å². The van der Waals surface area contributed by atoms with Crippen molar-refractivity contribution in [2.24, 2.45) is 0 Å². The fraction of sp³-hybridized carbons (Fsp3) is 0.286. The Hall–Kier alpha value is -3.39. The summed E-state index contributed by atoms with van der Waals surface area (Å²) >= 11 is 0. The monoisotopic (exact) mass is 392 g/mol. The maximum Gasteiger partial charge on any atom is 0.257 e. The Kier molecular flexibility index (Phi) is 5.44. The van der Waals surface area contributed by atoms with E-state index in [4.69, 9.17) is 4.52 Å². The van der Waals surface area contributed by atoms with Crippen molar-refractivity contribution in [2.45, 2.75) is 6.92 Å². The molecule has 1 saturated heterocycles. The van der Waals surface area contributed by atoms with Crippen LogP contribution in [0.4, 0.5) is 23.0 Å². The highest BCUT2D eigenvalue weighted by Gasteiger charge is 2.14. The molecule has 1 aromatic carbocycles. The van der Waals surface area contributed by atoms with Gasteiger partial charge in [0.1, 0.15) is 11.6 Å². The van der Waals surface area contributed by atoms with Crippen molar-refractivity contribution in [3.05, 3.63) is 60.0 Å². The van der Waals surface area contributed by atoms with Crippen LogP contribution in [-0.4, -0.2) is 54.2 Å². The number of carbonyl (C=O) groups is 1. The van der Waals surface area contributed by atoms with Gasteiger partial charge in [0.25, 0.3) is 5.91 Å². The SMILES string of the molecule is Cc1cc(Nc2ccc(C(=O)Nc3ccc(N4CCN(C)CC4)cc3)cn2)no1. The molecule has 3 aromatic rings. The molecule has 0 atom stereocenters. The minimum Gasteiger partial charge on any atom is -0.369 e. The van der Waals surface area contributed by atoms with Crippen molar-refractivity contribution in [1.29, 1.82) is 0 Å². The molecule has 8 nitrogen and oxygen atoms in total. The lowest BCUT2D eigenvalue weighted by Crippen LogP contribution is -2.44. The van der Waals surface area contributed by atoms with Crippen molar-refractivity contribution >= 4 is 28.9 Å². The molecule has 0 aliphatic carbocycles. The van der Waals surface area contributed by atoms with Crippen LogP contribution < -0.4 is 15.5 Å². The van der Waals surface area contributed by atoms with Gasteiger partial charge in [-0.05, 0) is 50.4 Å². The molecule has 1 fully saturated rings. The predicted octanol–water partition coefficient (Wildman–Crippen LogP) is 3.13. The molecule has 0 radical (unpaired) electrons. The largest absolute Gasteiger partial charge is 0.369 e. The Morgan fingerprint density at radius 3 is 2.41 bits per heavy atom. The number of carbonyl (C=O) groups excluding carboxylic acids is 1. The second-order valence-corrected chi connectivity index (χ2v) is 7.17. The van der Waals surface area contributed by atoms with E-state index in [0.717, 1.165) is 31.9 Å². The van der Waals surface area contributed by atoms with E-state index >= 15 is 0 Å². The summed E-state index contributed by atoms with van der Waals surface area (Å²) in [6.07, 6.45) is 1.53. The van der Waals surface area contributed by atoms with Gasteiger partial charge in [0, 0.05) is 49.8 Å². The first-order valence-corrected chi connectivity index (χ1v) is 9.58. The molecule has 150 valence electrons. The molecule has 0 saturated carbocycles. The summed E-state index contributed by atoms with van der Waals surface area (Å²) < 4.78 is 5.01. The van der Waals surface area contributed by atoms with Crippen LogP contribution in [0.3, 0.4) is 0 Å². The van der Waals surface area contributed by atoms with E-state index in [1.807, 2.05) is 31.2 Å². The standard InChI is InChI=1S/C21H24N6O2/c1-15-13-20(25-29-15)24-19-8-3-16(14-22-19)21(28)23-17-4-6-18(7-5-17)27-11-9-26(2)10-12-27/h3-8,13-14H,9-12H2,1-2H3,(H,23,28)(H,22,24,25). The predicted molar refractivity (Wildman–Crippen MR) is 113 cm³/mol. The maximum atomic E-state index is 12.5. The van der Waals surface area contributed by atoms with Crippen LogP contribution in [0.2, 0.25) is 0 Å². The molecule has 1 aliphatic heterocycles. The van der Waals surface area contributed by atoms with Gasteiger partial charge in [-0.3, -0.25) is 4.79 Å². The van der Waals surface area contributed by atoms with E-state index in [1.54, 1.807) is 18.2 Å². The lowest BCUT2D eigenvalue weighted by Gasteiger charge is -2.34. The second kappa shape index (κ2) is 8.32. The third-order valence-corrected chi connectivity index (χ3v) is 4.90. The molecule has 0 spiro atoms. The number of benzene rings is 1. The molecular weight excluding hydrogens is 368 g/mol. The van der Waals surface area contributed by atoms with Crippen LogP contribution >= 0.6 is 0 Å². The Bertz CT molecular complexity index is 960. The summed E-state index contributed by atoms with van der Waals surface area (Å²) in [4.78, 5) is 21.4. The summed E-state index contributed by atoms with van der Waals surface area (Å²) in [5.41, 5.74) is 2.42. The number of nitrogens with zero attached hydrogens (tertiary/aromatic N) is 4. The van der Waals surface area contributed by atoms with Crippen molar-refractivity contribution in [3.8, 4) is 0 Å². The molecule has 8 heteroatoms. The molecule has 3 heterocycles. The molecule has 4 rings (SSSR count). The number of hydrogen-bond donors (Lipinski definition) is 2. The van der Waals surface area contributed by atoms with Crippen LogP contribution in [-0.2, 0) is 0 Å². The zero-order chi connectivity index (χ0) is 20.2. The normalized spacial score (nSPS) is 14.6. The number of aryl methyl sites for hydroxylation is 1. The molecule has 0 bridgehead atoms. The lowest BCUT2D eigenvalue weighted by molar-refractivity contribution is 0.102. The van der Waals surface area contributed by atoms with E-state index in [0.29, 0.717) is 23.0 Å². The number of piperazine rings is 1. The highest BCUT2D eigenvalue weighted by Crippen LogP contribution is 2.20. The highest BCUT2D eigenvalue weighted by atomic mass is 16.5. The number of hydrogen-bond acceptors (Lipinski definition) is 7. The zero-order valence-corrected chi connectivity index (χ0v) is 16.6. The zero-order valence-electron chi connectivity index (χ0n) is 16.6. The number of likely N-dealkylation sites (N-methyl/N-ethyl adjacent to an activating group) is 1. The molecule has 2 N–H and O–H groups in total. The van der Waals surface area contributed by atoms with Gasteiger partial charge in [0.2, 0.25) is 0 Å². The van der Waals surface area contributed by atoms with Crippen LogP contribution in [0, 0.1) is 6.92 Å². The summed E-state index contributed by atoms with van der Waals surface area (Å²) in [5.74, 6) is 1.68. The summed E-state index contributed by atoms with van der Waals surface area (Å²) in [5, 5.41) is 9.80. The topological polar surface area (TPSA) is 86.5 Å². The average Bonchev–Trinajstić information content (AvgIpc) is 3.14. The van der Waals surface area contributed by atoms with Gasteiger partial charge in [-0.2, -0.15) is 0 Å². The quantitative estimate of drug-likeness (QED) is 0.690. The molecule has 0 unspecified atom stereocenters. The first-order chi connectivity index (χ1) is 14.1. The van der Waals surface area contributed by atoms with Crippen LogP contribution in [0.25, 0.3) is 0 Å². The van der Waals surface area contributed by atoms with Crippen molar-refractivity contribution in [2.75, 3.05) is 48.8 Å². The fourth-order valence-electron chi connectivity index (χ4n) is 3.18. The first kappa shape index (κ1) is 18.9. The Morgan fingerprint density at radius 2 is 1.79 bits per heavy atom. The smallest absolute Gasteiger partial charge is 0.257 e. The number of pyridine rings is 1. The van der Waals surface area contributed by atoms with Crippen molar-refractivity contribution in [3.63, 3.8) is 0 Å². The molecule has 29 heavy (non-hydrogen) atoms. The second-order valence-electron chi connectivity index (χ2n) is 7.17. The van der Waals surface area contributed by atoms with Gasteiger partial charge >= 0.3 is 0 Å². The van der Waals surface area contributed by atoms with Gasteiger partial charge in [-0.15, -0.1) is 0 Å². The third-order valence-electron chi connectivity index (χ3n) is 4.90. The van der Waals surface area contributed by atoms with Crippen LogP contribution in [0.5, 0.6) is 0 Å². The Balaban J connectivity index is 1.35. The molecular formula is C21H24N6O2. The number of aromatic nitrogens is 2. The Labute approximate surface area is 169 Å². The van der Waals surface area contributed by atoms with Gasteiger partial charge in [-0.25, -0.2) is 4.98 Å². The average molecular weight is 392 g/mol. The third kappa shape index (κ3) is 4.72. The van der Waals surface area contributed by atoms with Crippen LogP contribution in [0.15, 0.2) is 53.2 Å². The van der Waals surface area contributed by atoms with E-state index in [2.05, 4.69) is 37.6 Å². The first-order valence-electron chi connectivity index (χ1n) is 9.58. The molecule has 1 aliphatic rings. The number of nitrogens with one attached hydrogen (secondary N) is 2. The van der Waals surface area contributed by atoms with Gasteiger partial charge in [0.05, 0.1) is 5.56 Å². The lowest BCUT2D eigenvalue weighted by atomic mass is 10.2. The van der Waals surface area contributed by atoms with E-state index in [1.165, 1.54) is 11.9 Å². The minimum absolute atomic E-state index is 0.200. The number of amides is 1. The number of rotatable bonds is 5. The van der Waals surface area contributed by atoms with Crippen LogP contribution in [0.1, 0.15) is 16.1 Å². The van der Waals surface area contributed by atoms with E-state index < -0.39 is 0 Å². The maximum absolute atomic E-state index is 12.5. The summed E-state index contributed by atoms with van der Waals surface area (Å²) in [6.45, 7) is 5.97. The van der Waals surface area contributed by atoms with E-state index in [-0.39, 0.29) is 5.91 Å². The highest BCUT2D eigenvalue weighted by molar-refractivity contribution is 6.04. The number of anilines is 4. The summed E-state index contributed by atoms with van der Waals surface area (Å²) in [7, 11) is 2.14. The van der Waals surface area contributed by atoms with Crippen molar-refractivity contribution < 1.29 is 9.32 Å². The van der Waals surface area contributed by atoms with E-state index in [9.17, 15) is 4.79 Å². The van der Waals surface area contributed by atoms with Gasteiger partial charge in [0.15, 0.2) is 5.82 Å². The molecule has 2 aromatic heterocycles. The fourth-order valence-corrected chi connectivity index (χ4v) is 3.18. The molecule has 1 amide bonds. The Morgan fingerprint density at radius 1 is 1.03 bits per heavy atom. The minimum atomic E-state index is -0.200.